The maximum Gasteiger partial charge on any atom is 0.256 e. The van der Waals surface area contributed by atoms with Gasteiger partial charge in [-0.2, -0.15) is 0 Å². The van der Waals surface area contributed by atoms with Gasteiger partial charge in [0.15, 0.2) is 0 Å². The fourth-order valence-electron chi connectivity index (χ4n) is 2.42. The summed E-state index contributed by atoms with van der Waals surface area (Å²) in [6, 6.07) is 10.2. The van der Waals surface area contributed by atoms with Gasteiger partial charge >= 0.3 is 0 Å². The van der Waals surface area contributed by atoms with Gasteiger partial charge in [0.25, 0.3) is 5.91 Å². The summed E-state index contributed by atoms with van der Waals surface area (Å²) in [7, 11) is 0. The highest BCUT2D eigenvalue weighted by molar-refractivity contribution is 9.10. The highest BCUT2D eigenvalue weighted by Crippen LogP contribution is 2.26. The van der Waals surface area contributed by atoms with Crippen LogP contribution in [0.25, 0.3) is 0 Å². The summed E-state index contributed by atoms with van der Waals surface area (Å²) in [6.45, 7) is 0.944. The first kappa shape index (κ1) is 14.1. The lowest BCUT2D eigenvalue weighted by atomic mass is 10.0. The lowest BCUT2D eigenvalue weighted by molar-refractivity contribution is 0.102. The maximum atomic E-state index is 13.5. The number of carbonyl (C=O) groups is 1. The predicted molar refractivity (Wildman–Crippen MR) is 85.3 cm³/mol. The van der Waals surface area contributed by atoms with E-state index < -0.39 is 5.82 Å². The molecule has 3 nitrogen and oxygen atoms in total. The van der Waals surface area contributed by atoms with Crippen LogP contribution in [0.15, 0.2) is 40.9 Å². The summed E-state index contributed by atoms with van der Waals surface area (Å²) in [5, 5.41) is 6.12. The van der Waals surface area contributed by atoms with Crippen LogP contribution in [0.5, 0.6) is 0 Å². The number of carbonyl (C=O) groups excluding carboxylic acids is 1. The van der Waals surface area contributed by atoms with Crippen LogP contribution in [0.2, 0.25) is 0 Å². The molecule has 0 fully saturated rings. The monoisotopic (exact) mass is 348 g/mol. The van der Waals surface area contributed by atoms with Gasteiger partial charge < -0.3 is 10.6 Å². The Kier molecular flexibility index (Phi) is 3.92. The number of hydrogen-bond donors (Lipinski definition) is 2. The van der Waals surface area contributed by atoms with Gasteiger partial charge in [0, 0.05) is 17.9 Å². The van der Waals surface area contributed by atoms with Crippen LogP contribution in [0.4, 0.5) is 15.8 Å². The average molecular weight is 349 g/mol. The molecule has 0 bridgehead atoms. The molecule has 0 aromatic heterocycles. The molecule has 0 saturated carbocycles. The quantitative estimate of drug-likeness (QED) is 0.853. The minimum Gasteiger partial charge on any atom is -0.385 e. The fraction of sp³-hybridized carbons (Fsp3) is 0.188. The topological polar surface area (TPSA) is 41.1 Å². The lowest BCUT2D eigenvalue weighted by Crippen LogP contribution is -2.15. The fourth-order valence-corrected chi connectivity index (χ4v) is 2.86. The molecular formula is C16H14BrFN2O. The van der Waals surface area contributed by atoms with E-state index in [4.69, 9.17) is 0 Å². The molecule has 21 heavy (non-hydrogen) atoms. The van der Waals surface area contributed by atoms with Gasteiger partial charge in [-0.3, -0.25) is 4.79 Å². The zero-order valence-corrected chi connectivity index (χ0v) is 12.8. The van der Waals surface area contributed by atoms with Gasteiger partial charge in [-0.15, -0.1) is 0 Å². The van der Waals surface area contributed by atoms with Crippen molar-refractivity contribution in [2.24, 2.45) is 0 Å². The molecule has 1 amide bonds. The summed E-state index contributed by atoms with van der Waals surface area (Å²) in [4.78, 5) is 12.2. The molecule has 0 aliphatic carbocycles. The van der Waals surface area contributed by atoms with Crippen molar-refractivity contribution in [3.63, 3.8) is 0 Å². The van der Waals surface area contributed by atoms with Crippen molar-refractivity contribution < 1.29 is 9.18 Å². The molecule has 2 N–H and O–H groups in total. The van der Waals surface area contributed by atoms with E-state index in [-0.39, 0.29) is 15.9 Å². The van der Waals surface area contributed by atoms with Crippen molar-refractivity contribution in [3.8, 4) is 0 Å². The second kappa shape index (κ2) is 5.85. The standard InChI is InChI=1S/C16H14BrFN2O/c17-15-12(4-1-5-13(15)18)16(21)20-11-7-6-10-3-2-8-19-14(10)9-11/h1,4-7,9,19H,2-3,8H2,(H,20,21). The van der Waals surface area contributed by atoms with E-state index in [0.717, 1.165) is 25.1 Å². The second-order valence-corrected chi connectivity index (χ2v) is 5.75. The van der Waals surface area contributed by atoms with E-state index in [1.807, 2.05) is 18.2 Å². The highest BCUT2D eigenvalue weighted by atomic mass is 79.9. The zero-order valence-electron chi connectivity index (χ0n) is 11.2. The summed E-state index contributed by atoms with van der Waals surface area (Å²) >= 11 is 3.11. The molecule has 0 spiro atoms. The highest BCUT2D eigenvalue weighted by Gasteiger charge is 2.14. The maximum absolute atomic E-state index is 13.5. The number of hydrogen-bond acceptors (Lipinski definition) is 2. The van der Waals surface area contributed by atoms with Gasteiger partial charge in [0.1, 0.15) is 5.82 Å². The van der Waals surface area contributed by atoms with Crippen molar-refractivity contribution in [1.29, 1.82) is 0 Å². The summed E-state index contributed by atoms with van der Waals surface area (Å²) in [6.07, 6.45) is 2.17. The molecule has 0 unspecified atom stereocenters. The van der Waals surface area contributed by atoms with Crippen LogP contribution in [0.1, 0.15) is 22.3 Å². The van der Waals surface area contributed by atoms with E-state index in [1.54, 1.807) is 6.07 Å². The lowest BCUT2D eigenvalue weighted by Gasteiger charge is -2.19. The number of aryl methyl sites for hydroxylation is 1. The number of benzene rings is 2. The third kappa shape index (κ3) is 2.93. The normalized spacial score (nSPS) is 13.2. The summed E-state index contributed by atoms with van der Waals surface area (Å²) in [5.74, 6) is -0.785. The van der Waals surface area contributed by atoms with E-state index in [2.05, 4.69) is 26.6 Å². The first-order chi connectivity index (χ1) is 10.1. The Morgan fingerprint density at radius 3 is 3.00 bits per heavy atom. The predicted octanol–water partition coefficient (Wildman–Crippen LogP) is 4.20. The number of rotatable bonds is 2. The zero-order chi connectivity index (χ0) is 14.8. The van der Waals surface area contributed by atoms with Crippen LogP contribution in [0, 0.1) is 5.82 Å². The first-order valence-electron chi connectivity index (χ1n) is 6.77. The van der Waals surface area contributed by atoms with Gasteiger partial charge in [-0.25, -0.2) is 4.39 Å². The Morgan fingerprint density at radius 2 is 2.14 bits per heavy atom. The molecule has 0 saturated heterocycles. The number of amides is 1. The molecule has 1 aliphatic rings. The van der Waals surface area contributed by atoms with Gasteiger partial charge in [-0.1, -0.05) is 12.1 Å². The molecule has 1 heterocycles. The molecular weight excluding hydrogens is 335 g/mol. The van der Waals surface area contributed by atoms with Crippen LogP contribution >= 0.6 is 15.9 Å². The van der Waals surface area contributed by atoms with Crippen molar-refractivity contribution in [3.05, 3.63) is 57.8 Å². The minimum atomic E-state index is -0.449. The van der Waals surface area contributed by atoms with Gasteiger partial charge in [0.2, 0.25) is 0 Å². The van der Waals surface area contributed by atoms with Crippen LogP contribution in [-0.4, -0.2) is 12.5 Å². The summed E-state index contributed by atoms with van der Waals surface area (Å²) < 4.78 is 13.6. The van der Waals surface area contributed by atoms with Crippen molar-refractivity contribution in [2.45, 2.75) is 12.8 Å². The van der Waals surface area contributed by atoms with Crippen molar-refractivity contribution in [1.82, 2.24) is 0 Å². The Hall–Kier alpha value is -1.88. The summed E-state index contributed by atoms with van der Waals surface area (Å²) in [5.41, 5.74) is 3.29. The Bertz CT molecular complexity index is 703. The molecule has 2 aromatic carbocycles. The Balaban J connectivity index is 1.83. The third-order valence-corrected chi connectivity index (χ3v) is 4.31. The molecule has 3 rings (SSSR count). The van der Waals surface area contributed by atoms with E-state index in [0.29, 0.717) is 5.69 Å². The largest absolute Gasteiger partial charge is 0.385 e. The number of anilines is 2. The molecule has 108 valence electrons. The number of fused-ring (bicyclic) bond motifs is 1. The second-order valence-electron chi connectivity index (χ2n) is 4.96. The molecule has 2 aromatic rings. The van der Waals surface area contributed by atoms with Crippen LogP contribution in [-0.2, 0) is 6.42 Å². The van der Waals surface area contributed by atoms with E-state index in [1.165, 1.54) is 17.7 Å². The molecule has 0 atom stereocenters. The molecule has 0 radical (unpaired) electrons. The smallest absolute Gasteiger partial charge is 0.256 e. The van der Waals surface area contributed by atoms with Crippen LogP contribution in [0.3, 0.4) is 0 Å². The van der Waals surface area contributed by atoms with Crippen molar-refractivity contribution in [2.75, 3.05) is 17.2 Å². The Morgan fingerprint density at radius 1 is 1.29 bits per heavy atom. The van der Waals surface area contributed by atoms with Crippen LogP contribution < -0.4 is 10.6 Å². The average Bonchev–Trinajstić information content (AvgIpc) is 2.50. The molecule has 5 heteroatoms. The number of halogens is 2. The molecule has 1 aliphatic heterocycles. The van der Waals surface area contributed by atoms with E-state index in [9.17, 15) is 9.18 Å². The van der Waals surface area contributed by atoms with Crippen molar-refractivity contribution >= 4 is 33.2 Å². The SMILES string of the molecule is O=C(Nc1ccc2c(c1)NCCC2)c1cccc(F)c1Br. The minimum absolute atomic E-state index is 0.179. The number of nitrogens with one attached hydrogen (secondary N) is 2. The van der Waals surface area contributed by atoms with E-state index >= 15 is 0 Å². The third-order valence-electron chi connectivity index (χ3n) is 3.50. The first-order valence-corrected chi connectivity index (χ1v) is 7.56. The van der Waals surface area contributed by atoms with Gasteiger partial charge in [-0.05, 0) is 58.6 Å². The Labute approximate surface area is 130 Å². The van der Waals surface area contributed by atoms with Gasteiger partial charge in [0.05, 0.1) is 10.0 Å².